The number of hydrogen-bond donors (Lipinski definition) is 1. The quantitative estimate of drug-likeness (QED) is 0.370. The van der Waals surface area contributed by atoms with Crippen LogP contribution in [0.5, 0.6) is 0 Å². The highest BCUT2D eigenvalue weighted by atomic mass is 32.2. The van der Waals surface area contributed by atoms with Gasteiger partial charge in [-0.1, -0.05) is 26.7 Å². The van der Waals surface area contributed by atoms with Gasteiger partial charge in [-0.15, -0.1) is 11.3 Å². The number of carbonyl (C=O) groups is 1. The maximum Gasteiger partial charge on any atom is 0.257 e. The number of carbonyl (C=O) groups excluding carboxylic acids is 1. The van der Waals surface area contributed by atoms with E-state index in [0.29, 0.717) is 29.5 Å². The maximum absolute atomic E-state index is 13.1. The highest BCUT2D eigenvalue weighted by molar-refractivity contribution is 7.89. The predicted octanol–water partition coefficient (Wildman–Crippen LogP) is 5.79. The Balaban J connectivity index is 1.70. The number of sulfonamides is 1. The molecular formula is C24H28FN3O3S2. The lowest BCUT2D eigenvalue weighted by molar-refractivity contribution is 0.102. The van der Waals surface area contributed by atoms with Crippen molar-refractivity contribution < 1.29 is 17.6 Å². The molecule has 9 heteroatoms. The van der Waals surface area contributed by atoms with Crippen molar-refractivity contribution in [1.29, 1.82) is 0 Å². The van der Waals surface area contributed by atoms with Crippen molar-refractivity contribution >= 4 is 32.4 Å². The average Bonchev–Trinajstić information content (AvgIpc) is 3.28. The normalized spacial score (nSPS) is 11.6. The molecule has 3 aromatic rings. The molecule has 0 aliphatic rings. The summed E-state index contributed by atoms with van der Waals surface area (Å²) in [6, 6.07) is 11.9. The van der Waals surface area contributed by atoms with Crippen LogP contribution in [0.15, 0.2) is 58.8 Å². The van der Waals surface area contributed by atoms with Crippen molar-refractivity contribution in [3.63, 3.8) is 0 Å². The second-order valence-corrected chi connectivity index (χ2v) is 10.4. The molecule has 176 valence electrons. The molecule has 3 rings (SSSR count). The Bertz CT molecular complexity index is 1150. The Morgan fingerprint density at radius 3 is 2.18 bits per heavy atom. The fourth-order valence-electron chi connectivity index (χ4n) is 3.20. The molecule has 0 saturated carbocycles. The number of aromatic nitrogens is 1. The summed E-state index contributed by atoms with van der Waals surface area (Å²) in [6.07, 6.45) is 3.43. The first-order chi connectivity index (χ1) is 15.8. The van der Waals surface area contributed by atoms with Crippen LogP contribution in [0.4, 0.5) is 9.52 Å². The van der Waals surface area contributed by atoms with Crippen LogP contribution in [0.1, 0.15) is 49.9 Å². The SMILES string of the molecule is CCCCN(CCCC)S(=O)(=O)c1ccc(C(=O)Nc2nc(-c3ccc(F)cc3)cs2)cc1. The standard InChI is InChI=1S/C24H28FN3O3S2/c1-3-5-15-28(16-6-4-2)33(30,31)21-13-9-19(10-14-21)23(29)27-24-26-22(17-32-24)18-7-11-20(25)12-8-18/h7-14,17H,3-6,15-16H2,1-2H3,(H,26,27,29). The van der Waals surface area contributed by atoms with Gasteiger partial charge in [-0.25, -0.2) is 17.8 Å². The number of nitrogens with one attached hydrogen (secondary N) is 1. The lowest BCUT2D eigenvalue weighted by atomic mass is 10.2. The molecule has 0 atom stereocenters. The van der Waals surface area contributed by atoms with Gasteiger partial charge < -0.3 is 0 Å². The van der Waals surface area contributed by atoms with Gasteiger partial charge in [0.2, 0.25) is 10.0 Å². The molecule has 1 N–H and O–H groups in total. The molecule has 0 saturated heterocycles. The van der Waals surface area contributed by atoms with Crippen LogP contribution in [-0.4, -0.2) is 36.7 Å². The summed E-state index contributed by atoms with van der Waals surface area (Å²) < 4.78 is 40.8. The van der Waals surface area contributed by atoms with Gasteiger partial charge in [0.1, 0.15) is 5.82 Å². The van der Waals surface area contributed by atoms with E-state index in [-0.39, 0.29) is 16.6 Å². The number of rotatable bonds is 11. The van der Waals surface area contributed by atoms with Crippen LogP contribution in [-0.2, 0) is 10.0 Å². The fourth-order valence-corrected chi connectivity index (χ4v) is 5.43. The predicted molar refractivity (Wildman–Crippen MR) is 130 cm³/mol. The number of benzene rings is 2. The van der Waals surface area contributed by atoms with Crippen molar-refractivity contribution in [3.8, 4) is 11.3 Å². The van der Waals surface area contributed by atoms with E-state index in [1.165, 1.54) is 52.0 Å². The van der Waals surface area contributed by atoms with E-state index in [1.54, 1.807) is 17.5 Å². The summed E-state index contributed by atoms with van der Waals surface area (Å²) in [5, 5.41) is 4.91. The van der Waals surface area contributed by atoms with E-state index < -0.39 is 10.0 Å². The van der Waals surface area contributed by atoms with Crippen LogP contribution in [0.2, 0.25) is 0 Å². The van der Waals surface area contributed by atoms with Crippen molar-refractivity contribution in [2.45, 2.75) is 44.4 Å². The molecule has 6 nitrogen and oxygen atoms in total. The molecule has 1 amide bonds. The molecule has 0 spiro atoms. The van der Waals surface area contributed by atoms with E-state index in [0.717, 1.165) is 31.2 Å². The minimum atomic E-state index is -3.61. The minimum absolute atomic E-state index is 0.180. The van der Waals surface area contributed by atoms with E-state index in [1.807, 2.05) is 13.8 Å². The number of hydrogen-bond acceptors (Lipinski definition) is 5. The molecule has 0 fully saturated rings. The smallest absolute Gasteiger partial charge is 0.257 e. The number of halogens is 1. The van der Waals surface area contributed by atoms with E-state index >= 15 is 0 Å². The lowest BCUT2D eigenvalue weighted by Crippen LogP contribution is -2.33. The number of amides is 1. The van der Waals surface area contributed by atoms with Gasteiger partial charge in [-0.3, -0.25) is 10.1 Å². The van der Waals surface area contributed by atoms with Crippen LogP contribution in [0, 0.1) is 5.82 Å². The van der Waals surface area contributed by atoms with Gasteiger partial charge in [-0.2, -0.15) is 4.31 Å². The summed E-state index contributed by atoms with van der Waals surface area (Å²) >= 11 is 1.26. The van der Waals surface area contributed by atoms with E-state index in [2.05, 4.69) is 10.3 Å². The molecule has 0 radical (unpaired) electrons. The van der Waals surface area contributed by atoms with Gasteiger partial charge in [0, 0.05) is 29.6 Å². The third kappa shape index (κ3) is 6.46. The Kier molecular flexibility index (Phi) is 8.71. The monoisotopic (exact) mass is 489 g/mol. The Morgan fingerprint density at radius 1 is 1.00 bits per heavy atom. The Morgan fingerprint density at radius 2 is 1.61 bits per heavy atom. The molecule has 0 aliphatic carbocycles. The Labute approximate surface area is 198 Å². The van der Waals surface area contributed by atoms with Crippen LogP contribution < -0.4 is 5.32 Å². The fraction of sp³-hybridized carbons (Fsp3) is 0.333. The van der Waals surface area contributed by atoms with Crippen molar-refractivity contribution in [2.24, 2.45) is 0 Å². The van der Waals surface area contributed by atoms with Gasteiger partial charge >= 0.3 is 0 Å². The zero-order valence-electron chi connectivity index (χ0n) is 18.8. The largest absolute Gasteiger partial charge is 0.298 e. The molecular weight excluding hydrogens is 461 g/mol. The number of nitrogens with zero attached hydrogens (tertiary/aromatic N) is 2. The zero-order chi connectivity index (χ0) is 23.8. The average molecular weight is 490 g/mol. The summed E-state index contributed by atoms with van der Waals surface area (Å²) in [4.78, 5) is 17.2. The molecule has 0 unspecified atom stereocenters. The van der Waals surface area contributed by atoms with Gasteiger partial charge in [0.15, 0.2) is 5.13 Å². The first-order valence-corrected chi connectivity index (χ1v) is 13.3. The summed E-state index contributed by atoms with van der Waals surface area (Å²) in [7, 11) is -3.61. The van der Waals surface area contributed by atoms with Gasteiger partial charge in [-0.05, 0) is 61.4 Å². The second kappa shape index (κ2) is 11.5. The molecule has 2 aromatic carbocycles. The number of anilines is 1. The first kappa shape index (κ1) is 25.0. The third-order valence-corrected chi connectivity index (χ3v) is 7.81. The lowest BCUT2D eigenvalue weighted by Gasteiger charge is -2.22. The second-order valence-electron chi connectivity index (χ2n) is 7.63. The highest BCUT2D eigenvalue weighted by Gasteiger charge is 2.24. The van der Waals surface area contributed by atoms with Crippen molar-refractivity contribution in [1.82, 2.24) is 9.29 Å². The summed E-state index contributed by atoms with van der Waals surface area (Å²) in [5.41, 5.74) is 1.72. The third-order valence-electron chi connectivity index (χ3n) is 5.14. The number of unbranched alkanes of at least 4 members (excludes halogenated alkanes) is 2. The summed E-state index contributed by atoms with van der Waals surface area (Å²) in [6.45, 7) is 5.04. The first-order valence-electron chi connectivity index (χ1n) is 11.0. The topological polar surface area (TPSA) is 79.4 Å². The van der Waals surface area contributed by atoms with Crippen molar-refractivity contribution in [2.75, 3.05) is 18.4 Å². The molecule has 0 bridgehead atoms. The van der Waals surface area contributed by atoms with Crippen LogP contribution >= 0.6 is 11.3 Å². The minimum Gasteiger partial charge on any atom is -0.298 e. The number of thiazole rings is 1. The van der Waals surface area contributed by atoms with Crippen molar-refractivity contribution in [3.05, 3.63) is 65.3 Å². The molecule has 1 heterocycles. The molecule has 33 heavy (non-hydrogen) atoms. The molecule has 1 aromatic heterocycles. The van der Waals surface area contributed by atoms with Gasteiger partial charge in [0.05, 0.1) is 10.6 Å². The Hall–Kier alpha value is -2.62. The van der Waals surface area contributed by atoms with E-state index in [9.17, 15) is 17.6 Å². The van der Waals surface area contributed by atoms with Crippen LogP contribution in [0.25, 0.3) is 11.3 Å². The van der Waals surface area contributed by atoms with Crippen LogP contribution in [0.3, 0.4) is 0 Å². The highest BCUT2D eigenvalue weighted by Crippen LogP contribution is 2.26. The molecule has 0 aliphatic heterocycles. The summed E-state index contributed by atoms with van der Waals surface area (Å²) in [5.74, 6) is -0.709. The van der Waals surface area contributed by atoms with Gasteiger partial charge in [0.25, 0.3) is 5.91 Å². The maximum atomic E-state index is 13.1. The zero-order valence-corrected chi connectivity index (χ0v) is 20.4. The van der Waals surface area contributed by atoms with E-state index in [4.69, 9.17) is 0 Å².